The molecule has 0 aromatic carbocycles. The van der Waals surface area contributed by atoms with Crippen molar-refractivity contribution in [3.8, 4) is 0 Å². The van der Waals surface area contributed by atoms with Gasteiger partial charge in [0, 0.05) is 0 Å². The molecule has 0 unspecified atom stereocenters. The lowest BCUT2D eigenvalue weighted by Crippen LogP contribution is -2.77. The van der Waals surface area contributed by atoms with Gasteiger partial charge >= 0.3 is 0 Å². The Hall–Kier alpha value is -1.71. The Morgan fingerprint density at radius 3 is 2.65 bits per heavy atom. The van der Waals surface area contributed by atoms with Crippen LogP contribution in [-0.2, 0) is 14.6 Å². The summed E-state index contributed by atoms with van der Waals surface area (Å²) in [6.07, 6.45) is -1.87. The van der Waals surface area contributed by atoms with E-state index >= 15 is 0 Å². The number of nitrogens with two attached hydrogens (primary N) is 2. The molecule has 0 radical (unpaired) electrons. The number of guanidine groups is 2. The number of nitrogens with zero attached hydrogens (tertiary/aromatic N) is 3. The fourth-order valence-corrected chi connectivity index (χ4v) is 3.77. The lowest BCUT2D eigenvalue weighted by Gasteiger charge is -2.48. The first-order valence-corrected chi connectivity index (χ1v) is 7.78. The SMILES string of the molecule is NC1=N[C@H]2[C@H](CO)N=C(N)N3C[C@H](OS(=O)(=O)[O-])C(O)(O)[C@]23N1. The topological polar surface area (TPSA) is 219 Å². The molecule has 1 saturated heterocycles. The number of hydrogen-bond acceptors (Lipinski definition) is 13. The Morgan fingerprint density at radius 1 is 1.43 bits per heavy atom. The van der Waals surface area contributed by atoms with Crippen LogP contribution in [0.1, 0.15) is 0 Å². The third-order valence-corrected chi connectivity index (χ3v) is 4.64. The molecule has 23 heavy (non-hydrogen) atoms. The summed E-state index contributed by atoms with van der Waals surface area (Å²) < 4.78 is 36.8. The molecule has 13 nitrogen and oxygen atoms in total. The number of aliphatic hydroxyl groups excluding tert-OH is 1. The minimum atomic E-state index is -5.23. The van der Waals surface area contributed by atoms with Crippen LogP contribution >= 0.6 is 0 Å². The maximum absolute atomic E-state index is 10.8. The Bertz CT molecular complexity index is 693. The van der Waals surface area contributed by atoms with Crippen molar-refractivity contribution in [1.82, 2.24) is 10.2 Å². The van der Waals surface area contributed by atoms with Crippen molar-refractivity contribution in [3.63, 3.8) is 0 Å². The second-order valence-corrected chi connectivity index (χ2v) is 6.43. The molecule has 3 aliphatic rings. The largest absolute Gasteiger partial charge is 0.726 e. The molecule has 1 spiro atoms. The van der Waals surface area contributed by atoms with Crippen LogP contribution in [0, 0.1) is 0 Å². The summed E-state index contributed by atoms with van der Waals surface area (Å²) >= 11 is 0. The molecule has 0 saturated carbocycles. The summed E-state index contributed by atoms with van der Waals surface area (Å²) in [6, 6.07) is -2.06. The molecular formula is C9H15N6O7S-. The molecule has 14 heteroatoms. The van der Waals surface area contributed by atoms with Crippen molar-refractivity contribution in [1.29, 1.82) is 0 Å². The number of rotatable bonds is 3. The second-order valence-electron chi connectivity index (χ2n) is 5.42. The molecule has 4 atom stereocenters. The van der Waals surface area contributed by atoms with Crippen LogP contribution in [0.15, 0.2) is 9.98 Å². The van der Waals surface area contributed by atoms with Gasteiger partial charge in [-0.05, 0) is 0 Å². The van der Waals surface area contributed by atoms with Crippen LogP contribution in [0.3, 0.4) is 0 Å². The molecule has 0 aromatic rings. The monoisotopic (exact) mass is 351 g/mol. The van der Waals surface area contributed by atoms with Gasteiger partial charge in [0.25, 0.3) is 0 Å². The maximum atomic E-state index is 10.8. The van der Waals surface area contributed by atoms with Crippen LogP contribution in [0.25, 0.3) is 0 Å². The average molecular weight is 351 g/mol. The van der Waals surface area contributed by atoms with Gasteiger partial charge in [-0.2, -0.15) is 0 Å². The summed E-state index contributed by atoms with van der Waals surface area (Å²) in [5.74, 6) is -3.34. The van der Waals surface area contributed by atoms with Crippen molar-refractivity contribution >= 4 is 22.3 Å². The van der Waals surface area contributed by atoms with E-state index in [1.165, 1.54) is 0 Å². The zero-order valence-corrected chi connectivity index (χ0v) is 12.3. The van der Waals surface area contributed by atoms with E-state index in [1.54, 1.807) is 0 Å². The van der Waals surface area contributed by atoms with Gasteiger partial charge in [-0.3, -0.25) is 4.18 Å². The van der Waals surface area contributed by atoms with Crippen molar-refractivity contribution in [3.05, 3.63) is 0 Å². The molecule has 0 bridgehead atoms. The van der Waals surface area contributed by atoms with Crippen molar-refractivity contribution in [2.75, 3.05) is 13.2 Å². The minimum absolute atomic E-state index is 0.193. The predicted octanol–water partition coefficient (Wildman–Crippen LogP) is -5.50. The van der Waals surface area contributed by atoms with Gasteiger partial charge in [-0.1, -0.05) is 0 Å². The van der Waals surface area contributed by atoms with Crippen molar-refractivity contribution < 1.29 is 32.5 Å². The first-order valence-electron chi connectivity index (χ1n) is 6.45. The molecule has 3 rings (SSSR count). The molecular weight excluding hydrogens is 336 g/mol. The third kappa shape index (κ3) is 2.07. The number of hydrogen-bond donors (Lipinski definition) is 6. The highest BCUT2D eigenvalue weighted by Gasteiger charge is 2.74. The van der Waals surface area contributed by atoms with Gasteiger partial charge < -0.3 is 41.6 Å². The van der Waals surface area contributed by atoms with E-state index in [0.29, 0.717) is 0 Å². The van der Waals surface area contributed by atoms with Crippen LogP contribution in [0.2, 0.25) is 0 Å². The lowest BCUT2D eigenvalue weighted by atomic mass is 9.86. The van der Waals surface area contributed by atoms with Gasteiger partial charge in [0.1, 0.15) is 12.1 Å². The molecule has 0 aliphatic carbocycles. The van der Waals surface area contributed by atoms with Crippen LogP contribution in [-0.4, -0.2) is 87.9 Å². The first-order chi connectivity index (χ1) is 10.5. The Balaban J connectivity index is 2.11. The highest BCUT2D eigenvalue weighted by atomic mass is 32.3. The number of nitrogens with one attached hydrogen (secondary N) is 1. The average Bonchev–Trinajstić information content (AvgIpc) is 2.86. The zero-order chi connectivity index (χ0) is 17.2. The summed E-state index contributed by atoms with van der Waals surface area (Å²) in [5, 5.41) is 33.0. The number of aliphatic imine (C=N–C) groups is 2. The quantitative estimate of drug-likeness (QED) is 0.160. The van der Waals surface area contributed by atoms with E-state index in [-0.39, 0.29) is 11.9 Å². The summed E-state index contributed by atoms with van der Waals surface area (Å²) in [6.45, 7) is -1.00. The molecule has 3 heterocycles. The normalized spacial score (nSPS) is 38.4. The fourth-order valence-electron chi connectivity index (χ4n) is 3.29. The van der Waals surface area contributed by atoms with E-state index < -0.39 is 53.2 Å². The molecule has 3 aliphatic heterocycles. The third-order valence-electron chi connectivity index (χ3n) is 4.17. The standard InChI is InChI=1S/C9H16N6O7S/c10-6-13-5-3(2-16)12-7(11)15-1-4(22-23(19,20)21)9(17,18)8(5,15)14-6/h3-5,16-18H,1-2H2,(H2,11,12)(H3,10,13,14)(H,19,20,21)/p-1/t3-,4-,5-,8-/m0/s1. The fraction of sp³-hybridized carbons (Fsp3) is 0.778. The van der Waals surface area contributed by atoms with E-state index in [2.05, 4.69) is 19.5 Å². The highest BCUT2D eigenvalue weighted by Crippen LogP contribution is 2.45. The van der Waals surface area contributed by atoms with Crippen LogP contribution < -0.4 is 16.8 Å². The smallest absolute Gasteiger partial charge is 0.239 e. The van der Waals surface area contributed by atoms with Gasteiger partial charge in [0.15, 0.2) is 23.7 Å². The van der Waals surface area contributed by atoms with Gasteiger partial charge in [0.05, 0.1) is 13.2 Å². The van der Waals surface area contributed by atoms with Gasteiger partial charge in [-0.15, -0.1) is 0 Å². The van der Waals surface area contributed by atoms with E-state index in [1.807, 2.05) is 0 Å². The summed E-state index contributed by atoms with van der Waals surface area (Å²) in [5.41, 5.74) is 9.43. The molecule has 0 aromatic heterocycles. The van der Waals surface area contributed by atoms with Crippen molar-refractivity contribution in [2.24, 2.45) is 21.5 Å². The number of aliphatic hydroxyl groups is 3. The minimum Gasteiger partial charge on any atom is -0.726 e. The second kappa shape index (κ2) is 4.65. The van der Waals surface area contributed by atoms with Crippen LogP contribution in [0.4, 0.5) is 0 Å². The van der Waals surface area contributed by atoms with E-state index in [0.717, 1.165) is 4.90 Å². The van der Waals surface area contributed by atoms with Crippen LogP contribution in [0.5, 0.6) is 0 Å². The lowest BCUT2D eigenvalue weighted by molar-refractivity contribution is -0.252. The Kier molecular flexibility index (Phi) is 3.27. The molecule has 8 N–H and O–H groups in total. The van der Waals surface area contributed by atoms with E-state index in [9.17, 15) is 28.3 Å². The zero-order valence-electron chi connectivity index (χ0n) is 11.5. The van der Waals surface area contributed by atoms with E-state index in [4.69, 9.17) is 11.5 Å². The summed E-state index contributed by atoms with van der Waals surface area (Å²) in [4.78, 5) is 9.05. The summed E-state index contributed by atoms with van der Waals surface area (Å²) in [7, 11) is -5.23. The molecule has 130 valence electrons. The molecule has 0 amide bonds. The Morgan fingerprint density at radius 2 is 2.09 bits per heavy atom. The highest BCUT2D eigenvalue weighted by molar-refractivity contribution is 7.80. The van der Waals surface area contributed by atoms with Gasteiger partial charge in [0.2, 0.25) is 16.2 Å². The first kappa shape index (κ1) is 16.2. The predicted molar refractivity (Wildman–Crippen MR) is 72.2 cm³/mol. The van der Waals surface area contributed by atoms with Crippen molar-refractivity contribution in [2.45, 2.75) is 29.6 Å². The maximum Gasteiger partial charge on any atom is 0.239 e. The van der Waals surface area contributed by atoms with Gasteiger partial charge in [-0.25, -0.2) is 18.4 Å². The Labute approximate surface area is 130 Å². The molecule has 1 fully saturated rings.